The number of halogens is 1. The molecule has 0 spiro atoms. The Balaban J connectivity index is 0.00000385. The van der Waals surface area contributed by atoms with Gasteiger partial charge in [-0.1, -0.05) is 48.6 Å². The van der Waals surface area contributed by atoms with Crippen LogP contribution in [0.25, 0.3) is 12.2 Å². The molecule has 0 saturated heterocycles. The maximum Gasteiger partial charge on any atom is 0.180 e. The highest BCUT2D eigenvalue weighted by Gasteiger charge is 2.02. The Morgan fingerprint density at radius 1 is 0.667 bits per heavy atom. The van der Waals surface area contributed by atoms with Gasteiger partial charge in [0.2, 0.25) is 0 Å². The molecule has 0 atom stereocenters. The van der Waals surface area contributed by atoms with E-state index in [1.165, 1.54) is 33.8 Å². The number of aryl methyl sites for hydroxylation is 2. The molecule has 0 radical (unpaired) electrons. The highest BCUT2D eigenvalue weighted by molar-refractivity contribution is 5.56. The lowest BCUT2D eigenvalue weighted by atomic mass is 10.1. The molecule has 0 bridgehead atoms. The van der Waals surface area contributed by atoms with E-state index in [2.05, 4.69) is 134 Å². The van der Waals surface area contributed by atoms with Crippen molar-refractivity contribution in [3.63, 3.8) is 0 Å². The van der Waals surface area contributed by atoms with Crippen molar-refractivity contribution in [3.05, 3.63) is 101 Å². The summed E-state index contributed by atoms with van der Waals surface area (Å²) in [7, 11) is 8.26. The van der Waals surface area contributed by atoms with Crippen molar-refractivity contribution in [3.8, 4) is 0 Å². The number of aromatic amines is 1. The minimum absolute atomic E-state index is 0. The number of nitrogens with one attached hydrogen (secondary N) is 1. The highest BCUT2D eigenvalue weighted by atomic mass is 127. The van der Waals surface area contributed by atoms with Gasteiger partial charge in [0.25, 0.3) is 0 Å². The number of hydrogen-bond donors (Lipinski definition) is 0. The van der Waals surface area contributed by atoms with Crippen LogP contribution in [0.4, 0.5) is 11.4 Å². The first-order valence-electron chi connectivity index (χ1n) is 11.4. The number of hydrogen-bond acceptors (Lipinski definition) is 2. The molecule has 174 valence electrons. The maximum absolute atomic E-state index is 3.40. The van der Waals surface area contributed by atoms with Gasteiger partial charge in [-0.3, -0.25) is 0 Å². The van der Waals surface area contributed by atoms with Gasteiger partial charge >= 0.3 is 0 Å². The van der Waals surface area contributed by atoms with Crippen molar-refractivity contribution in [1.29, 1.82) is 0 Å². The second-order valence-electron chi connectivity index (χ2n) is 8.58. The molecule has 1 aromatic heterocycles. The quantitative estimate of drug-likeness (QED) is 0.360. The van der Waals surface area contributed by atoms with Crippen molar-refractivity contribution in [2.45, 2.75) is 25.7 Å². The van der Waals surface area contributed by atoms with E-state index in [0.717, 1.165) is 25.7 Å². The molecule has 4 heteroatoms. The molecule has 0 aliphatic carbocycles. The minimum atomic E-state index is 0. The van der Waals surface area contributed by atoms with Crippen molar-refractivity contribution in [2.75, 3.05) is 38.0 Å². The standard InChI is InChI=1S/C29H35N3.HI/c1-31(2)28-17-13-24(14-18-28)9-5-6-11-26-21-22-30-27(23-26)12-8-7-10-25-15-19-29(20-16-25)32(3)4;/h5,7,9-10,13-23H,6,8,11-12H2,1-4H3;1H. The third-order valence-corrected chi connectivity index (χ3v) is 5.55. The summed E-state index contributed by atoms with van der Waals surface area (Å²) in [5, 5.41) is 0. The SMILES string of the molecule is CN(C)c1ccc(C=CCCc2cc[nH+]c(CCC=Cc3ccc(N(C)C)cc3)c2)cc1.[I-]. The lowest BCUT2D eigenvalue weighted by Gasteiger charge is -2.11. The van der Waals surface area contributed by atoms with Crippen molar-refractivity contribution in [2.24, 2.45) is 0 Å². The number of benzene rings is 2. The zero-order chi connectivity index (χ0) is 22.8. The lowest BCUT2D eigenvalue weighted by molar-refractivity contribution is -0.390. The summed E-state index contributed by atoms with van der Waals surface area (Å²) >= 11 is 0. The average molecular weight is 554 g/mol. The predicted molar refractivity (Wildman–Crippen MR) is 139 cm³/mol. The number of rotatable bonds is 10. The van der Waals surface area contributed by atoms with Gasteiger partial charge in [0.05, 0.1) is 0 Å². The number of aromatic nitrogens is 1. The fourth-order valence-electron chi connectivity index (χ4n) is 3.56. The van der Waals surface area contributed by atoms with E-state index in [9.17, 15) is 0 Å². The second-order valence-corrected chi connectivity index (χ2v) is 8.58. The van der Waals surface area contributed by atoms with E-state index < -0.39 is 0 Å². The molecule has 0 aliphatic heterocycles. The minimum Gasteiger partial charge on any atom is -1.00 e. The van der Waals surface area contributed by atoms with Gasteiger partial charge in [-0.25, -0.2) is 4.98 Å². The van der Waals surface area contributed by atoms with Crippen LogP contribution >= 0.6 is 0 Å². The predicted octanol–water partition coefficient (Wildman–Crippen LogP) is 2.93. The first-order chi connectivity index (χ1) is 15.5. The molecule has 1 N–H and O–H groups in total. The maximum atomic E-state index is 3.40. The van der Waals surface area contributed by atoms with Gasteiger partial charge < -0.3 is 33.8 Å². The van der Waals surface area contributed by atoms with Crippen LogP contribution in [-0.4, -0.2) is 28.2 Å². The highest BCUT2D eigenvalue weighted by Crippen LogP contribution is 2.15. The smallest absolute Gasteiger partial charge is 0.180 e. The number of pyridine rings is 1. The molecule has 3 aromatic rings. The van der Waals surface area contributed by atoms with Crippen molar-refractivity contribution < 1.29 is 29.0 Å². The summed E-state index contributed by atoms with van der Waals surface area (Å²) in [6.45, 7) is 0. The molecule has 1 heterocycles. The molecular formula is C29H36IN3. The molecule has 3 rings (SSSR count). The van der Waals surface area contributed by atoms with Crippen molar-refractivity contribution >= 4 is 23.5 Å². The van der Waals surface area contributed by atoms with Crippen LogP contribution in [0.3, 0.4) is 0 Å². The Morgan fingerprint density at radius 3 is 1.64 bits per heavy atom. The molecule has 0 saturated carbocycles. The molecular weight excluding hydrogens is 517 g/mol. The monoisotopic (exact) mass is 553 g/mol. The summed E-state index contributed by atoms with van der Waals surface area (Å²) in [6.07, 6.45) is 15.2. The number of anilines is 2. The van der Waals surface area contributed by atoms with Gasteiger partial charge in [-0.05, 0) is 60.2 Å². The molecule has 0 fully saturated rings. The Kier molecular flexibility index (Phi) is 11.2. The first-order valence-corrected chi connectivity index (χ1v) is 11.4. The van der Waals surface area contributed by atoms with E-state index in [1.54, 1.807) is 0 Å². The number of H-pyrrole nitrogens is 1. The third-order valence-electron chi connectivity index (χ3n) is 5.55. The Morgan fingerprint density at radius 2 is 1.15 bits per heavy atom. The molecule has 2 aromatic carbocycles. The van der Waals surface area contributed by atoms with E-state index in [1.807, 2.05) is 0 Å². The lowest BCUT2D eigenvalue weighted by Crippen LogP contribution is -3.00. The van der Waals surface area contributed by atoms with Crippen LogP contribution in [-0.2, 0) is 12.8 Å². The molecule has 0 unspecified atom stereocenters. The molecule has 0 aliphatic rings. The van der Waals surface area contributed by atoms with E-state index >= 15 is 0 Å². The van der Waals surface area contributed by atoms with Crippen LogP contribution in [0.15, 0.2) is 79.0 Å². The topological polar surface area (TPSA) is 20.6 Å². The molecule has 33 heavy (non-hydrogen) atoms. The van der Waals surface area contributed by atoms with Gasteiger partial charge in [0.15, 0.2) is 11.9 Å². The van der Waals surface area contributed by atoms with E-state index in [4.69, 9.17) is 0 Å². The Hall–Kier alpha value is -2.60. The third kappa shape index (κ3) is 9.04. The molecule has 0 amide bonds. The Bertz CT molecular complexity index is 939. The van der Waals surface area contributed by atoms with Crippen LogP contribution in [0.2, 0.25) is 0 Å². The van der Waals surface area contributed by atoms with E-state index in [-0.39, 0.29) is 24.0 Å². The van der Waals surface area contributed by atoms with Crippen LogP contribution in [0.5, 0.6) is 0 Å². The average Bonchev–Trinajstić information content (AvgIpc) is 2.80. The summed E-state index contributed by atoms with van der Waals surface area (Å²) in [5.41, 5.74) is 7.63. The first kappa shape index (κ1) is 26.7. The van der Waals surface area contributed by atoms with Crippen LogP contribution in [0.1, 0.15) is 35.2 Å². The van der Waals surface area contributed by atoms with Gasteiger partial charge in [0.1, 0.15) is 0 Å². The largest absolute Gasteiger partial charge is 1.00 e. The zero-order valence-corrected chi connectivity index (χ0v) is 22.4. The zero-order valence-electron chi connectivity index (χ0n) is 20.3. The van der Waals surface area contributed by atoms with Gasteiger partial charge in [0, 0.05) is 58.1 Å². The van der Waals surface area contributed by atoms with Crippen molar-refractivity contribution in [1.82, 2.24) is 0 Å². The fraction of sp³-hybridized carbons (Fsp3) is 0.276. The van der Waals surface area contributed by atoms with Crippen LogP contribution in [0, 0.1) is 0 Å². The summed E-state index contributed by atoms with van der Waals surface area (Å²) in [6, 6.07) is 21.8. The molecule has 3 nitrogen and oxygen atoms in total. The van der Waals surface area contributed by atoms with E-state index in [0.29, 0.717) is 0 Å². The summed E-state index contributed by atoms with van der Waals surface area (Å²) < 4.78 is 0. The summed E-state index contributed by atoms with van der Waals surface area (Å²) in [4.78, 5) is 7.64. The number of allylic oxidation sites excluding steroid dienone is 2. The van der Waals surface area contributed by atoms with Gasteiger partial charge in [-0.2, -0.15) is 0 Å². The number of nitrogens with zero attached hydrogens (tertiary/aromatic N) is 2. The van der Waals surface area contributed by atoms with Gasteiger partial charge in [-0.15, -0.1) is 0 Å². The normalized spacial score (nSPS) is 11.0. The second kappa shape index (κ2) is 13.8. The fourth-order valence-corrected chi connectivity index (χ4v) is 3.56. The summed E-state index contributed by atoms with van der Waals surface area (Å²) in [5.74, 6) is 0. The Labute approximate surface area is 216 Å². The van der Waals surface area contributed by atoms with Crippen LogP contribution < -0.4 is 38.8 Å².